The van der Waals surface area contributed by atoms with Crippen LogP contribution in [0.1, 0.15) is 42.1 Å². The van der Waals surface area contributed by atoms with Gasteiger partial charge < -0.3 is 15.0 Å². The molecule has 1 heterocycles. The van der Waals surface area contributed by atoms with E-state index in [9.17, 15) is 9.59 Å². The molecule has 3 rings (SSSR count). The molecule has 5 nitrogen and oxygen atoms in total. The first-order valence-corrected chi connectivity index (χ1v) is 9.24. The third-order valence-corrected chi connectivity index (χ3v) is 4.52. The van der Waals surface area contributed by atoms with E-state index in [1.807, 2.05) is 37.4 Å². The molecule has 1 aromatic heterocycles. The fourth-order valence-electron chi connectivity index (χ4n) is 3.23. The minimum absolute atomic E-state index is 0.0382. The number of carbonyl (C=O) groups excluding carboxylic acids is 2. The zero-order valence-electron chi connectivity index (χ0n) is 15.5. The van der Waals surface area contributed by atoms with Crippen molar-refractivity contribution in [2.75, 3.05) is 12.3 Å². The number of esters is 1. The molecule has 0 spiro atoms. The van der Waals surface area contributed by atoms with Gasteiger partial charge in [-0.15, -0.1) is 0 Å². The molecule has 2 aromatic carbocycles. The second-order valence-corrected chi connectivity index (χ2v) is 6.47. The van der Waals surface area contributed by atoms with Crippen molar-refractivity contribution in [3.05, 3.63) is 65.9 Å². The Labute approximate surface area is 158 Å². The minimum Gasteiger partial charge on any atom is -0.466 e. The summed E-state index contributed by atoms with van der Waals surface area (Å²) in [5.74, 6) is -0.198. The molecule has 140 valence electrons. The van der Waals surface area contributed by atoms with Gasteiger partial charge in [-0.05, 0) is 38.0 Å². The summed E-state index contributed by atoms with van der Waals surface area (Å²) in [6.45, 7) is 2.96. The van der Waals surface area contributed by atoms with Gasteiger partial charge in [0, 0.05) is 46.9 Å². The molecule has 0 amide bonds. The molecule has 0 atom stereocenters. The van der Waals surface area contributed by atoms with Crippen molar-refractivity contribution in [1.82, 2.24) is 4.57 Å². The molecule has 3 aromatic rings. The van der Waals surface area contributed by atoms with E-state index < -0.39 is 0 Å². The van der Waals surface area contributed by atoms with Gasteiger partial charge in [0.15, 0.2) is 5.78 Å². The number of aryl methyl sites for hydroxylation is 1. The fraction of sp³-hybridized carbons (Fsp3) is 0.273. The topological polar surface area (TPSA) is 74.3 Å². The zero-order valence-corrected chi connectivity index (χ0v) is 15.5. The van der Waals surface area contributed by atoms with Crippen LogP contribution in [0.15, 0.2) is 54.7 Å². The second-order valence-electron chi connectivity index (χ2n) is 6.47. The molecule has 0 bridgehead atoms. The van der Waals surface area contributed by atoms with E-state index in [-0.39, 0.29) is 11.8 Å². The first-order chi connectivity index (χ1) is 13.1. The van der Waals surface area contributed by atoms with Crippen LogP contribution >= 0.6 is 0 Å². The highest BCUT2D eigenvalue weighted by molar-refractivity contribution is 6.16. The average Bonchev–Trinajstić information content (AvgIpc) is 3.04. The number of anilines is 1. The Hall–Kier alpha value is -3.08. The SMILES string of the molecule is CCOC(=O)CCCCn1cc(C(=O)c2cccc(N)c2)c2ccccc21. The maximum absolute atomic E-state index is 13.0. The van der Waals surface area contributed by atoms with Gasteiger partial charge in [0.2, 0.25) is 0 Å². The molecule has 0 saturated heterocycles. The van der Waals surface area contributed by atoms with Crippen molar-refractivity contribution in [1.29, 1.82) is 0 Å². The van der Waals surface area contributed by atoms with Crippen LogP contribution in [-0.4, -0.2) is 22.9 Å². The van der Waals surface area contributed by atoms with Crippen LogP contribution in [0.25, 0.3) is 10.9 Å². The number of nitrogen functional groups attached to an aromatic ring is 1. The number of para-hydroxylation sites is 1. The van der Waals surface area contributed by atoms with Crippen LogP contribution in [0.5, 0.6) is 0 Å². The van der Waals surface area contributed by atoms with Gasteiger partial charge in [-0.3, -0.25) is 9.59 Å². The number of rotatable bonds is 8. The van der Waals surface area contributed by atoms with Crippen LogP contribution in [0.3, 0.4) is 0 Å². The standard InChI is InChI=1S/C22H24N2O3/c1-2-27-21(25)12-5-6-13-24-15-19(18-10-3-4-11-20(18)24)22(26)16-8-7-9-17(23)14-16/h3-4,7-11,14-15H,2,5-6,12-13,23H2,1H3. The van der Waals surface area contributed by atoms with Crippen molar-refractivity contribution in [2.24, 2.45) is 0 Å². The number of benzene rings is 2. The number of hydrogen-bond donors (Lipinski definition) is 1. The highest BCUT2D eigenvalue weighted by Gasteiger charge is 2.16. The van der Waals surface area contributed by atoms with E-state index in [0.717, 1.165) is 30.3 Å². The predicted molar refractivity (Wildman–Crippen MR) is 107 cm³/mol. The quantitative estimate of drug-likeness (QED) is 0.281. The lowest BCUT2D eigenvalue weighted by molar-refractivity contribution is -0.143. The Morgan fingerprint density at radius 2 is 1.89 bits per heavy atom. The monoisotopic (exact) mass is 364 g/mol. The minimum atomic E-state index is -0.160. The Morgan fingerprint density at radius 3 is 2.67 bits per heavy atom. The smallest absolute Gasteiger partial charge is 0.305 e. The number of unbranched alkanes of at least 4 members (excludes halogenated alkanes) is 1. The van der Waals surface area contributed by atoms with E-state index in [2.05, 4.69) is 4.57 Å². The second kappa shape index (κ2) is 8.54. The molecule has 0 unspecified atom stereocenters. The number of ether oxygens (including phenoxy) is 1. The van der Waals surface area contributed by atoms with E-state index in [0.29, 0.717) is 29.8 Å². The molecule has 0 aliphatic carbocycles. The fourth-order valence-corrected chi connectivity index (χ4v) is 3.23. The van der Waals surface area contributed by atoms with Gasteiger partial charge in [0.25, 0.3) is 0 Å². The normalized spacial score (nSPS) is 10.9. The van der Waals surface area contributed by atoms with E-state index in [1.54, 1.807) is 24.3 Å². The van der Waals surface area contributed by atoms with Gasteiger partial charge in [-0.25, -0.2) is 0 Å². The number of fused-ring (bicyclic) bond motifs is 1. The molecule has 5 heteroatoms. The molecule has 2 N–H and O–H groups in total. The summed E-state index contributed by atoms with van der Waals surface area (Å²) in [6, 6.07) is 14.9. The Bertz CT molecular complexity index is 959. The summed E-state index contributed by atoms with van der Waals surface area (Å²) in [4.78, 5) is 24.4. The summed E-state index contributed by atoms with van der Waals surface area (Å²) in [5, 5.41) is 0.926. The molecular formula is C22H24N2O3. The summed E-state index contributed by atoms with van der Waals surface area (Å²) in [7, 11) is 0. The Kier molecular flexibility index (Phi) is 5.91. The van der Waals surface area contributed by atoms with Gasteiger partial charge in [-0.1, -0.05) is 30.3 Å². The lowest BCUT2D eigenvalue weighted by Crippen LogP contribution is -2.04. The lowest BCUT2D eigenvalue weighted by atomic mass is 10.0. The summed E-state index contributed by atoms with van der Waals surface area (Å²) < 4.78 is 7.04. The van der Waals surface area contributed by atoms with E-state index in [1.165, 1.54) is 0 Å². The first-order valence-electron chi connectivity index (χ1n) is 9.24. The number of nitrogens with two attached hydrogens (primary N) is 1. The van der Waals surface area contributed by atoms with Crippen molar-refractivity contribution in [2.45, 2.75) is 32.7 Å². The van der Waals surface area contributed by atoms with Crippen molar-refractivity contribution >= 4 is 28.3 Å². The first kappa shape index (κ1) is 18.7. The molecule has 0 radical (unpaired) electrons. The van der Waals surface area contributed by atoms with Crippen LogP contribution in [0, 0.1) is 0 Å². The van der Waals surface area contributed by atoms with Crippen LogP contribution in [0.2, 0.25) is 0 Å². The van der Waals surface area contributed by atoms with Gasteiger partial charge in [0.1, 0.15) is 0 Å². The van der Waals surface area contributed by atoms with Crippen molar-refractivity contribution < 1.29 is 14.3 Å². The number of ketones is 1. The van der Waals surface area contributed by atoms with Crippen LogP contribution < -0.4 is 5.73 Å². The molecule has 0 aliphatic heterocycles. The lowest BCUT2D eigenvalue weighted by Gasteiger charge is -2.05. The van der Waals surface area contributed by atoms with E-state index in [4.69, 9.17) is 10.5 Å². The van der Waals surface area contributed by atoms with Gasteiger partial charge in [0.05, 0.1) is 6.61 Å². The predicted octanol–water partition coefficient (Wildman–Crippen LogP) is 4.19. The van der Waals surface area contributed by atoms with Crippen molar-refractivity contribution in [3.63, 3.8) is 0 Å². The maximum atomic E-state index is 13.0. The van der Waals surface area contributed by atoms with Crippen LogP contribution in [0.4, 0.5) is 5.69 Å². The zero-order chi connectivity index (χ0) is 19.2. The molecule has 0 fully saturated rings. The third-order valence-electron chi connectivity index (χ3n) is 4.52. The summed E-state index contributed by atoms with van der Waals surface area (Å²) >= 11 is 0. The summed E-state index contributed by atoms with van der Waals surface area (Å²) in [5.41, 5.74) is 8.66. The van der Waals surface area contributed by atoms with E-state index >= 15 is 0 Å². The number of nitrogens with zero attached hydrogens (tertiary/aromatic N) is 1. The number of carbonyl (C=O) groups is 2. The molecule has 0 saturated carbocycles. The molecular weight excluding hydrogens is 340 g/mol. The number of aromatic nitrogens is 1. The molecule has 27 heavy (non-hydrogen) atoms. The highest BCUT2D eigenvalue weighted by Crippen LogP contribution is 2.25. The average molecular weight is 364 g/mol. The van der Waals surface area contributed by atoms with Crippen molar-refractivity contribution in [3.8, 4) is 0 Å². The Morgan fingerprint density at radius 1 is 1.07 bits per heavy atom. The van der Waals surface area contributed by atoms with Gasteiger partial charge >= 0.3 is 5.97 Å². The largest absolute Gasteiger partial charge is 0.466 e. The summed E-state index contributed by atoms with van der Waals surface area (Å²) in [6.07, 6.45) is 3.91. The number of hydrogen-bond acceptors (Lipinski definition) is 4. The maximum Gasteiger partial charge on any atom is 0.305 e. The molecule has 0 aliphatic rings. The van der Waals surface area contributed by atoms with Gasteiger partial charge in [-0.2, -0.15) is 0 Å². The highest BCUT2D eigenvalue weighted by atomic mass is 16.5. The Balaban J connectivity index is 1.79. The van der Waals surface area contributed by atoms with Crippen LogP contribution in [-0.2, 0) is 16.1 Å². The third kappa shape index (κ3) is 4.37.